The summed E-state index contributed by atoms with van der Waals surface area (Å²) in [5.74, 6) is -0.134. The molecule has 1 amide bonds. The average molecular weight is 314 g/mol. The van der Waals surface area contributed by atoms with Crippen LogP contribution in [0.3, 0.4) is 0 Å². The molecule has 2 heterocycles. The Balaban J connectivity index is 1.80. The number of carbonyl (C=O) groups is 1. The molecule has 0 aliphatic carbocycles. The van der Waals surface area contributed by atoms with Crippen molar-refractivity contribution in [2.24, 2.45) is 5.92 Å². The number of rotatable bonds is 5. The van der Waals surface area contributed by atoms with E-state index in [0.29, 0.717) is 32.5 Å². The van der Waals surface area contributed by atoms with Gasteiger partial charge in [0.15, 0.2) is 0 Å². The predicted octanol–water partition coefficient (Wildman–Crippen LogP) is 0.191. The Morgan fingerprint density at radius 1 is 1.43 bits per heavy atom. The molecule has 1 saturated heterocycles. The molecule has 1 aromatic heterocycles. The summed E-state index contributed by atoms with van der Waals surface area (Å²) < 4.78 is 26.1. The second-order valence-corrected chi connectivity index (χ2v) is 7.30. The first-order chi connectivity index (χ1) is 9.90. The molecule has 1 N–H and O–H groups in total. The van der Waals surface area contributed by atoms with Crippen LogP contribution in [0.2, 0.25) is 0 Å². The fourth-order valence-corrected chi connectivity index (χ4v) is 3.32. The lowest BCUT2D eigenvalue weighted by molar-refractivity contribution is -0.126. The Kier molecular flexibility index (Phi) is 5.00. The van der Waals surface area contributed by atoms with Gasteiger partial charge in [-0.25, -0.2) is 12.7 Å². The minimum atomic E-state index is -3.14. The summed E-state index contributed by atoms with van der Waals surface area (Å²) in [5, 5.41) is 7.18. The SMILES string of the molecule is CCn1ccc(CNC(=O)C2CCN(S(C)(=O)=O)CC2)n1. The van der Waals surface area contributed by atoms with Gasteiger partial charge in [0.25, 0.3) is 0 Å². The molecule has 0 radical (unpaired) electrons. The van der Waals surface area contributed by atoms with Crippen molar-refractivity contribution in [3.05, 3.63) is 18.0 Å². The number of sulfonamides is 1. The summed E-state index contributed by atoms with van der Waals surface area (Å²) in [6, 6.07) is 1.88. The van der Waals surface area contributed by atoms with Crippen molar-refractivity contribution in [2.45, 2.75) is 32.9 Å². The van der Waals surface area contributed by atoms with Gasteiger partial charge in [-0.3, -0.25) is 9.48 Å². The molecule has 0 bridgehead atoms. The zero-order chi connectivity index (χ0) is 15.5. The Morgan fingerprint density at radius 3 is 2.62 bits per heavy atom. The van der Waals surface area contributed by atoms with Crippen molar-refractivity contribution in [2.75, 3.05) is 19.3 Å². The molecule has 7 nitrogen and oxygen atoms in total. The summed E-state index contributed by atoms with van der Waals surface area (Å²) in [5.41, 5.74) is 0.832. The number of carbonyl (C=O) groups excluding carboxylic acids is 1. The van der Waals surface area contributed by atoms with Crippen LogP contribution in [0, 0.1) is 5.92 Å². The first-order valence-electron chi connectivity index (χ1n) is 7.15. The fraction of sp³-hybridized carbons (Fsp3) is 0.692. The predicted molar refractivity (Wildman–Crippen MR) is 78.9 cm³/mol. The highest BCUT2D eigenvalue weighted by Crippen LogP contribution is 2.19. The smallest absolute Gasteiger partial charge is 0.223 e. The highest BCUT2D eigenvalue weighted by atomic mass is 32.2. The van der Waals surface area contributed by atoms with Gasteiger partial charge >= 0.3 is 0 Å². The van der Waals surface area contributed by atoms with E-state index in [2.05, 4.69) is 10.4 Å². The molecule has 1 aliphatic rings. The number of amides is 1. The first kappa shape index (κ1) is 16.0. The summed E-state index contributed by atoms with van der Waals surface area (Å²) in [6.45, 7) is 4.06. The van der Waals surface area contributed by atoms with Crippen LogP contribution in [0.1, 0.15) is 25.5 Å². The maximum atomic E-state index is 12.1. The van der Waals surface area contributed by atoms with Crippen LogP contribution in [0.5, 0.6) is 0 Å². The van der Waals surface area contributed by atoms with Gasteiger partial charge in [-0.1, -0.05) is 0 Å². The third-order valence-electron chi connectivity index (χ3n) is 3.76. The van der Waals surface area contributed by atoms with Gasteiger partial charge in [-0.05, 0) is 25.8 Å². The van der Waals surface area contributed by atoms with Gasteiger partial charge in [0.1, 0.15) is 0 Å². The molecule has 118 valence electrons. The van der Waals surface area contributed by atoms with Gasteiger partial charge in [-0.2, -0.15) is 5.10 Å². The van der Waals surface area contributed by atoms with Gasteiger partial charge < -0.3 is 5.32 Å². The molecule has 0 spiro atoms. The van der Waals surface area contributed by atoms with Crippen LogP contribution in [0.15, 0.2) is 12.3 Å². The highest BCUT2D eigenvalue weighted by molar-refractivity contribution is 7.88. The second kappa shape index (κ2) is 6.57. The van der Waals surface area contributed by atoms with E-state index < -0.39 is 10.0 Å². The van der Waals surface area contributed by atoms with E-state index in [1.165, 1.54) is 10.6 Å². The van der Waals surface area contributed by atoms with Crippen molar-refractivity contribution in [3.63, 3.8) is 0 Å². The number of nitrogens with zero attached hydrogens (tertiary/aromatic N) is 3. The molecule has 8 heteroatoms. The van der Waals surface area contributed by atoms with E-state index in [1.807, 2.05) is 23.9 Å². The van der Waals surface area contributed by atoms with E-state index in [-0.39, 0.29) is 11.8 Å². The lowest BCUT2D eigenvalue weighted by Gasteiger charge is -2.29. The first-order valence-corrected chi connectivity index (χ1v) is 9.00. The average Bonchev–Trinajstić information content (AvgIpc) is 2.92. The summed E-state index contributed by atoms with van der Waals surface area (Å²) in [4.78, 5) is 12.1. The van der Waals surface area contributed by atoms with Crippen molar-refractivity contribution in [1.29, 1.82) is 0 Å². The maximum Gasteiger partial charge on any atom is 0.223 e. The van der Waals surface area contributed by atoms with E-state index in [4.69, 9.17) is 0 Å². The summed E-state index contributed by atoms with van der Waals surface area (Å²) in [6.07, 6.45) is 4.23. The second-order valence-electron chi connectivity index (χ2n) is 5.32. The normalized spacial score (nSPS) is 17.8. The molecular weight excluding hydrogens is 292 g/mol. The number of piperidine rings is 1. The summed E-state index contributed by atoms with van der Waals surface area (Å²) >= 11 is 0. The molecule has 0 atom stereocenters. The van der Waals surface area contributed by atoms with Crippen LogP contribution in [-0.2, 0) is 27.9 Å². The lowest BCUT2D eigenvalue weighted by atomic mass is 9.97. The molecule has 1 aromatic rings. The molecular formula is C13H22N4O3S. The number of aromatic nitrogens is 2. The van der Waals surface area contributed by atoms with E-state index >= 15 is 0 Å². The van der Waals surface area contributed by atoms with Crippen LogP contribution in [-0.4, -0.2) is 47.8 Å². The number of hydrogen-bond donors (Lipinski definition) is 1. The monoisotopic (exact) mass is 314 g/mol. The third-order valence-corrected chi connectivity index (χ3v) is 5.06. The largest absolute Gasteiger partial charge is 0.350 e. The van der Waals surface area contributed by atoms with Gasteiger partial charge in [-0.15, -0.1) is 0 Å². The Morgan fingerprint density at radius 2 is 2.10 bits per heavy atom. The van der Waals surface area contributed by atoms with E-state index in [0.717, 1.165) is 12.2 Å². The fourth-order valence-electron chi connectivity index (χ4n) is 2.45. The molecule has 21 heavy (non-hydrogen) atoms. The Bertz CT molecular complexity index is 588. The van der Waals surface area contributed by atoms with Crippen molar-refractivity contribution >= 4 is 15.9 Å². The van der Waals surface area contributed by atoms with Crippen LogP contribution in [0.4, 0.5) is 0 Å². The number of aryl methyl sites for hydroxylation is 1. The van der Waals surface area contributed by atoms with Crippen LogP contribution < -0.4 is 5.32 Å². The van der Waals surface area contributed by atoms with Gasteiger partial charge in [0.05, 0.1) is 18.5 Å². The zero-order valence-electron chi connectivity index (χ0n) is 12.4. The molecule has 0 aromatic carbocycles. The molecule has 2 rings (SSSR count). The Labute approximate surface area is 125 Å². The number of nitrogens with one attached hydrogen (secondary N) is 1. The lowest BCUT2D eigenvalue weighted by Crippen LogP contribution is -2.42. The highest BCUT2D eigenvalue weighted by Gasteiger charge is 2.28. The van der Waals surface area contributed by atoms with E-state index in [1.54, 1.807) is 0 Å². The zero-order valence-corrected chi connectivity index (χ0v) is 13.3. The number of hydrogen-bond acceptors (Lipinski definition) is 4. The standard InChI is InChI=1S/C13H22N4O3S/c1-3-16-7-6-12(15-16)10-14-13(18)11-4-8-17(9-5-11)21(2,19)20/h6-7,11H,3-5,8-10H2,1-2H3,(H,14,18). The van der Waals surface area contributed by atoms with Crippen LogP contribution >= 0.6 is 0 Å². The topological polar surface area (TPSA) is 84.3 Å². The van der Waals surface area contributed by atoms with Crippen LogP contribution in [0.25, 0.3) is 0 Å². The maximum absolute atomic E-state index is 12.1. The molecule has 1 aliphatic heterocycles. The molecule has 0 unspecified atom stereocenters. The van der Waals surface area contributed by atoms with Crippen molar-refractivity contribution < 1.29 is 13.2 Å². The Hall–Kier alpha value is -1.41. The molecule has 0 saturated carbocycles. The minimum Gasteiger partial charge on any atom is -0.350 e. The quantitative estimate of drug-likeness (QED) is 0.841. The van der Waals surface area contributed by atoms with Gasteiger partial charge in [0.2, 0.25) is 15.9 Å². The van der Waals surface area contributed by atoms with Crippen molar-refractivity contribution in [3.8, 4) is 0 Å². The summed E-state index contributed by atoms with van der Waals surface area (Å²) in [7, 11) is -3.14. The van der Waals surface area contributed by atoms with Crippen molar-refractivity contribution in [1.82, 2.24) is 19.4 Å². The van der Waals surface area contributed by atoms with Gasteiger partial charge in [0, 0.05) is 31.7 Å². The van der Waals surface area contributed by atoms with E-state index in [9.17, 15) is 13.2 Å². The minimum absolute atomic E-state index is 0.0193. The molecule has 1 fully saturated rings. The third kappa shape index (κ3) is 4.28.